The van der Waals surface area contributed by atoms with Gasteiger partial charge in [-0.3, -0.25) is 0 Å². The molecule has 1 N–H and O–H groups in total. The Balaban J connectivity index is 1.42. The zero-order chi connectivity index (χ0) is 20.7. The van der Waals surface area contributed by atoms with Crippen LogP contribution in [0.1, 0.15) is 11.5 Å². The normalized spacial score (nSPS) is 23.6. The number of para-hydroxylation sites is 1. The number of sulfonamides is 1. The Hall–Kier alpha value is -2.67. The molecule has 3 atom stereocenters. The largest absolute Gasteiger partial charge is 0.496 e. The fourth-order valence-electron chi connectivity index (χ4n) is 4.81. The van der Waals surface area contributed by atoms with Gasteiger partial charge in [-0.1, -0.05) is 60.7 Å². The van der Waals surface area contributed by atoms with Crippen molar-refractivity contribution in [1.29, 1.82) is 0 Å². The van der Waals surface area contributed by atoms with Crippen LogP contribution in [0.4, 0.5) is 0 Å². The standard InChI is InChI=1S/C24H24N2O3S/c1-29-23-10-6-5-9-20(23)17-11-13-18(14-12-17)24-21-15-25-16-22(24)26(21)30(27,28)19-7-3-2-4-8-19/h2-14,21-22,24-25H,15-16H2,1H3/t21-,22+,24?. The molecule has 2 aliphatic rings. The van der Waals surface area contributed by atoms with Crippen LogP contribution in [0.2, 0.25) is 0 Å². The third kappa shape index (κ3) is 3.03. The summed E-state index contributed by atoms with van der Waals surface area (Å²) in [5.41, 5.74) is 3.33. The number of nitrogens with zero attached hydrogens (tertiary/aromatic N) is 1. The number of hydrogen-bond acceptors (Lipinski definition) is 4. The number of piperidine rings is 1. The van der Waals surface area contributed by atoms with Crippen LogP contribution >= 0.6 is 0 Å². The topological polar surface area (TPSA) is 58.6 Å². The Morgan fingerprint density at radius 2 is 1.50 bits per heavy atom. The number of benzene rings is 3. The first kappa shape index (κ1) is 19.3. The minimum Gasteiger partial charge on any atom is -0.496 e. The molecule has 0 amide bonds. The number of fused-ring (bicyclic) bond motifs is 2. The summed E-state index contributed by atoms with van der Waals surface area (Å²) in [6.45, 7) is 1.34. The zero-order valence-corrected chi connectivity index (χ0v) is 17.5. The Kier molecular flexibility index (Phi) is 4.85. The summed E-state index contributed by atoms with van der Waals surface area (Å²) in [6, 6.07) is 25.0. The van der Waals surface area contributed by atoms with E-state index in [-0.39, 0.29) is 18.0 Å². The maximum atomic E-state index is 13.2. The van der Waals surface area contributed by atoms with Crippen LogP contribution in [-0.4, -0.2) is 45.0 Å². The van der Waals surface area contributed by atoms with Crippen molar-refractivity contribution in [1.82, 2.24) is 9.62 Å². The molecule has 0 saturated carbocycles. The van der Waals surface area contributed by atoms with E-state index in [0.29, 0.717) is 18.0 Å². The van der Waals surface area contributed by atoms with E-state index < -0.39 is 10.0 Å². The fraction of sp³-hybridized carbons (Fsp3) is 0.250. The van der Waals surface area contributed by atoms with Gasteiger partial charge in [0.2, 0.25) is 10.0 Å². The molecule has 6 heteroatoms. The molecule has 0 aromatic heterocycles. The predicted octanol–water partition coefficient (Wildman–Crippen LogP) is 3.49. The first-order valence-electron chi connectivity index (χ1n) is 10.1. The number of methoxy groups -OCH3 is 1. The number of ether oxygens (including phenoxy) is 1. The summed E-state index contributed by atoms with van der Waals surface area (Å²) >= 11 is 0. The molecule has 5 nitrogen and oxygen atoms in total. The minimum absolute atomic E-state index is 0.0638. The van der Waals surface area contributed by atoms with E-state index in [2.05, 4.69) is 29.6 Å². The van der Waals surface area contributed by atoms with Crippen LogP contribution in [0.25, 0.3) is 11.1 Å². The molecule has 154 valence electrons. The molecule has 2 aliphatic heterocycles. The maximum Gasteiger partial charge on any atom is 0.243 e. The van der Waals surface area contributed by atoms with Gasteiger partial charge in [-0.05, 0) is 29.3 Å². The van der Waals surface area contributed by atoms with Crippen molar-refractivity contribution in [2.45, 2.75) is 22.9 Å². The van der Waals surface area contributed by atoms with Crippen molar-refractivity contribution in [3.63, 3.8) is 0 Å². The lowest BCUT2D eigenvalue weighted by Gasteiger charge is -2.57. The number of hydrogen-bond donors (Lipinski definition) is 1. The molecule has 30 heavy (non-hydrogen) atoms. The molecule has 5 rings (SSSR count). The van der Waals surface area contributed by atoms with E-state index in [9.17, 15) is 8.42 Å². The average molecular weight is 421 g/mol. The number of piperazine rings is 1. The van der Waals surface area contributed by atoms with Crippen molar-refractivity contribution in [2.24, 2.45) is 0 Å². The SMILES string of the molecule is COc1ccccc1-c1ccc(C2[C@H]3CNC[C@@H]2N3S(=O)(=O)c2ccccc2)cc1. The monoisotopic (exact) mass is 420 g/mol. The van der Waals surface area contributed by atoms with Gasteiger partial charge in [0.1, 0.15) is 5.75 Å². The zero-order valence-electron chi connectivity index (χ0n) is 16.7. The van der Waals surface area contributed by atoms with Gasteiger partial charge in [0.05, 0.1) is 12.0 Å². The molecule has 3 aromatic rings. The van der Waals surface area contributed by atoms with Crippen LogP contribution in [0, 0.1) is 0 Å². The van der Waals surface area contributed by atoms with Crippen molar-refractivity contribution in [3.8, 4) is 16.9 Å². The summed E-state index contributed by atoms with van der Waals surface area (Å²) in [4.78, 5) is 0.367. The van der Waals surface area contributed by atoms with Crippen molar-refractivity contribution in [3.05, 3.63) is 84.4 Å². The summed E-state index contributed by atoms with van der Waals surface area (Å²) in [7, 11) is -1.81. The van der Waals surface area contributed by atoms with Gasteiger partial charge in [-0.2, -0.15) is 4.31 Å². The van der Waals surface area contributed by atoms with E-state index in [4.69, 9.17) is 4.74 Å². The van der Waals surface area contributed by atoms with Gasteiger partial charge in [0, 0.05) is 36.7 Å². The van der Waals surface area contributed by atoms with Gasteiger partial charge in [0.15, 0.2) is 0 Å². The molecule has 2 saturated heterocycles. The lowest BCUT2D eigenvalue weighted by Crippen LogP contribution is -2.73. The second kappa shape index (κ2) is 7.54. The molecule has 0 radical (unpaired) electrons. The van der Waals surface area contributed by atoms with Gasteiger partial charge in [-0.25, -0.2) is 8.42 Å². The van der Waals surface area contributed by atoms with Crippen molar-refractivity contribution >= 4 is 10.0 Å². The fourth-order valence-corrected chi connectivity index (χ4v) is 6.68. The highest BCUT2D eigenvalue weighted by Crippen LogP contribution is 2.46. The molecule has 2 bridgehead atoms. The van der Waals surface area contributed by atoms with E-state index >= 15 is 0 Å². The van der Waals surface area contributed by atoms with Crippen molar-refractivity contribution in [2.75, 3.05) is 20.2 Å². The van der Waals surface area contributed by atoms with Crippen molar-refractivity contribution < 1.29 is 13.2 Å². The van der Waals surface area contributed by atoms with Gasteiger partial charge < -0.3 is 10.1 Å². The molecule has 0 aliphatic carbocycles. The third-order valence-corrected chi connectivity index (χ3v) is 8.19. The number of nitrogens with one attached hydrogen (secondary N) is 1. The molecule has 1 unspecified atom stereocenters. The van der Waals surface area contributed by atoms with E-state index in [1.807, 2.05) is 30.3 Å². The summed E-state index contributed by atoms with van der Waals surface area (Å²) in [5, 5.41) is 3.37. The van der Waals surface area contributed by atoms with E-state index in [0.717, 1.165) is 16.9 Å². The van der Waals surface area contributed by atoms with Crippen LogP contribution in [0.3, 0.4) is 0 Å². The Labute approximate surface area is 177 Å². The van der Waals surface area contributed by atoms with Crippen LogP contribution in [0.5, 0.6) is 5.75 Å². The van der Waals surface area contributed by atoms with Crippen LogP contribution in [-0.2, 0) is 10.0 Å². The lowest BCUT2D eigenvalue weighted by atomic mass is 9.74. The average Bonchev–Trinajstić information content (AvgIpc) is 2.80. The second-order valence-corrected chi connectivity index (χ2v) is 9.63. The van der Waals surface area contributed by atoms with Crippen LogP contribution in [0.15, 0.2) is 83.8 Å². The van der Waals surface area contributed by atoms with Crippen LogP contribution < -0.4 is 10.1 Å². The molecule has 2 fully saturated rings. The summed E-state index contributed by atoms with van der Waals surface area (Å²) in [6.07, 6.45) is 0. The Morgan fingerprint density at radius 1 is 0.867 bits per heavy atom. The third-order valence-electron chi connectivity index (χ3n) is 6.22. The minimum atomic E-state index is -3.49. The smallest absolute Gasteiger partial charge is 0.243 e. The van der Waals surface area contributed by atoms with Gasteiger partial charge in [0.25, 0.3) is 0 Å². The number of rotatable bonds is 5. The summed E-state index contributed by atoms with van der Waals surface area (Å²) < 4.78 is 33.6. The van der Waals surface area contributed by atoms with E-state index in [1.165, 1.54) is 5.56 Å². The molecular formula is C24H24N2O3S. The lowest BCUT2D eigenvalue weighted by molar-refractivity contribution is 0.0370. The molecule has 2 heterocycles. The Morgan fingerprint density at radius 3 is 2.17 bits per heavy atom. The highest BCUT2D eigenvalue weighted by Gasteiger charge is 2.56. The molecule has 0 spiro atoms. The molecule has 3 aromatic carbocycles. The molecular weight excluding hydrogens is 396 g/mol. The highest BCUT2D eigenvalue weighted by atomic mass is 32.2. The summed E-state index contributed by atoms with van der Waals surface area (Å²) in [5.74, 6) is 1.05. The van der Waals surface area contributed by atoms with Gasteiger partial charge >= 0.3 is 0 Å². The quantitative estimate of drug-likeness (QED) is 0.687. The van der Waals surface area contributed by atoms with Gasteiger partial charge in [-0.15, -0.1) is 0 Å². The first-order valence-corrected chi connectivity index (χ1v) is 11.6. The van der Waals surface area contributed by atoms with E-state index in [1.54, 1.807) is 35.7 Å². The predicted molar refractivity (Wildman–Crippen MR) is 117 cm³/mol. The highest BCUT2D eigenvalue weighted by molar-refractivity contribution is 7.89. The maximum absolute atomic E-state index is 13.2. The first-order chi connectivity index (χ1) is 14.6. The second-order valence-electron chi connectivity index (χ2n) is 7.79. The Bertz CT molecular complexity index is 1130.